The monoisotopic (exact) mass is 424 g/mol. The van der Waals surface area contributed by atoms with Crippen LogP contribution in [0, 0.1) is 5.41 Å². The zero-order valence-corrected chi connectivity index (χ0v) is 17.1. The number of nitrogens with zero attached hydrogens (tertiary/aromatic N) is 1. The second-order valence-corrected chi connectivity index (χ2v) is 9.31. The number of benzene rings is 2. The van der Waals surface area contributed by atoms with Crippen molar-refractivity contribution < 1.29 is 24.2 Å². The van der Waals surface area contributed by atoms with Crippen molar-refractivity contribution in [2.75, 3.05) is 6.54 Å². The first-order valence-electron chi connectivity index (χ1n) is 9.77. The number of nitrogens with one attached hydrogen (secondary N) is 1. The van der Waals surface area contributed by atoms with E-state index in [0.29, 0.717) is 17.7 Å². The van der Waals surface area contributed by atoms with Crippen molar-refractivity contribution >= 4 is 29.5 Å². The van der Waals surface area contributed by atoms with Crippen LogP contribution in [0.25, 0.3) is 0 Å². The minimum atomic E-state index is -0.993. The summed E-state index contributed by atoms with van der Waals surface area (Å²) < 4.78 is 5.90. The van der Waals surface area contributed by atoms with Crippen molar-refractivity contribution in [1.29, 1.82) is 0 Å². The number of hydrogen-bond donors (Lipinski definition) is 2. The average molecular weight is 424 g/mol. The lowest BCUT2D eigenvalue weighted by atomic mass is 10.0. The van der Waals surface area contributed by atoms with E-state index < -0.39 is 17.9 Å². The molecule has 3 atom stereocenters. The second-order valence-electron chi connectivity index (χ2n) is 8.23. The van der Waals surface area contributed by atoms with Crippen molar-refractivity contribution in [2.45, 2.75) is 41.6 Å². The molecular weight excluding hydrogens is 404 g/mol. The number of amides is 2. The van der Waals surface area contributed by atoms with Gasteiger partial charge in [0.25, 0.3) is 5.91 Å². The quantitative estimate of drug-likeness (QED) is 0.668. The third-order valence-corrected chi connectivity index (χ3v) is 7.22. The molecule has 3 aliphatic rings. The van der Waals surface area contributed by atoms with Crippen molar-refractivity contribution in [3.05, 3.63) is 48.0 Å². The van der Waals surface area contributed by atoms with E-state index in [4.69, 9.17) is 4.74 Å². The highest BCUT2D eigenvalue weighted by Gasteiger charge is 2.64. The van der Waals surface area contributed by atoms with Gasteiger partial charge in [0.2, 0.25) is 5.91 Å². The summed E-state index contributed by atoms with van der Waals surface area (Å²) in [7, 11) is 0. The van der Waals surface area contributed by atoms with E-state index in [2.05, 4.69) is 5.32 Å². The molecule has 154 valence electrons. The molecule has 2 aliphatic heterocycles. The van der Waals surface area contributed by atoms with Gasteiger partial charge < -0.3 is 20.1 Å². The van der Waals surface area contributed by atoms with E-state index >= 15 is 0 Å². The fourth-order valence-corrected chi connectivity index (χ4v) is 5.30. The Labute approximate surface area is 177 Å². The lowest BCUT2D eigenvalue weighted by Crippen LogP contribution is -2.47. The summed E-state index contributed by atoms with van der Waals surface area (Å²) in [5.74, 6) is -0.419. The van der Waals surface area contributed by atoms with E-state index in [1.165, 1.54) is 4.90 Å². The maximum Gasteiger partial charge on any atom is 0.326 e. The van der Waals surface area contributed by atoms with Crippen molar-refractivity contribution in [3.63, 3.8) is 0 Å². The molecule has 5 rings (SSSR count). The van der Waals surface area contributed by atoms with Crippen LogP contribution in [0.15, 0.2) is 52.3 Å². The van der Waals surface area contributed by atoms with Crippen molar-refractivity contribution in [1.82, 2.24) is 10.2 Å². The van der Waals surface area contributed by atoms with Crippen LogP contribution in [-0.2, 0) is 9.59 Å². The van der Waals surface area contributed by atoms with Crippen LogP contribution in [0.1, 0.15) is 30.1 Å². The summed E-state index contributed by atoms with van der Waals surface area (Å²) in [6, 6.07) is 12.0. The van der Waals surface area contributed by atoms with E-state index in [9.17, 15) is 19.5 Å². The number of carboxylic acids is 1. The first-order chi connectivity index (χ1) is 14.4. The Morgan fingerprint density at radius 2 is 1.93 bits per heavy atom. The number of likely N-dealkylation sites (tertiary alicyclic amines) is 1. The molecule has 0 spiro atoms. The number of carboxylic acid groups (broad SMARTS) is 1. The van der Waals surface area contributed by atoms with Gasteiger partial charge in [-0.15, -0.1) is 0 Å². The number of ether oxygens (including phenoxy) is 1. The summed E-state index contributed by atoms with van der Waals surface area (Å²) >= 11 is 1.57. The summed E-state index contributed by atoms with van der Waals surface area (Å²) in [6.07, 6.45) is 1.28. The van der Waals surface area contributed by atoms with Crippen molar-refractivity contribution in [2.24, 2.45) is 5.41 Å². The number of rotatable bonds is 4. The molecule has 1 saturated carbocycles. The molecule has 2 fully saturated rings. The molecule has 0 unspecified atom stereocenters. The topological polar surface area (TPSA) is 95.9 Å². The van der Waals surface area contributed by atoms with Gasteiger partial charge in [0.05, 0.1) is 16.3 Å². The van der Waals surface area contributed by atoms with Gasteiger partial charge in [-0.05, 0) is 48.6 Å². The van der Waals surface area contributed by atoms with Gasteiger partial charge in [0, 0.05) is 11.6 Å². The minimum absolute atomic E-state index is 0.0442. The number of aliphatic carboxylic acids is 1. The maximum atomic E-state index is 12.7. The van der Waals surface area contributed by atoms with E-state index in [1.54, 1.807) is 23.9 Å². The summed E-state index contributed by atoms with van der Waals surface area (Å²) in [6.45, 7) is 1.77. The highest BCUT2D eigenvalue weighted by atomic mass is 32.2. The lowest BCUT2D eigenvalue weighted by molar-refractivity contribution is -0.149. The van der Waals surface area contributed by atoms with Crippen LogP contribution in [0.3, 0.4) is 0 Å². The van der Waals surface area contributed by atoms with Crippen molar-refractivity contribution in [3.8, 4) is 11.5 Å². The molecule has 2 N–H and O–H groups in total. The second kappa shape index (κ2) is 6.77. The smallest absolute Gasteiger partial charge is 0.326 e. The van der Waals surface area contributed by atoms with Gasteiger partial charge >= 0.3 is 5.97 Å². The highest BCUT2D eigenvalue weighted by Crippen LogP contribution is 2.59. The molecule has 0 aromatic heterocycles. The predicted molar refractivity (Wildman–Crippen MR) is 109 cm³/mol. The summed E-state index contributed by atoms with van der Waals surface area (Å²) in [5, 5.41) is 12.1. The largest absolute Gasteiger partial charge is 0.480 e. The first-order valence-corrected chi connectivity index (χ1v) is 10.6. The first kappa shape index (κ1) is 19.0. The third kappa shape index (κ3) is 3.11. The van der Waals surface area contributed by atoms with Crippen LogP contribution in [0.2, 0.25) is 0 Å². The molecule has 2 aromatic carbocycles. The van der Waals surface area contributed by atoms with Crippen LogP contribution in [0.5, 0.6) is 11.5 Å². The SMILES string of the molecule is C[C@@]12C[C@@H]1N(C(=O)CNC(=O)c1ccc3c(c1)Oc1ccccc1S3)[C@H](C(=O)O)C2. The standard InChI is InChI=1S/C22H20N2O5S/c1-22-9-13(21(27)28)24(18(22)10-22)19(25)11-23-20(26)12-6-7-17-15(8-12)29-14-4-2-3-5-16(14)30-17/h2-8,13,18H,9-11H2,1H3,(H,23,26)(H,27,28)/t13-,18-,22+/m0/s1. The number of fused-ring (bicyclic) bond motifs is 3. The highest BCUT2D eigenvalue weighted by molar-refractivity contribution is 7.99. The van der Waals surface area contributed by atoms with Gasteiger partial charge in [0.15, 0.2) is 0 Å². The molecule has 2 amide bonds. The molecule has 7 nitrogen and oxygen atoms in total. The molecule has 30 heavy (non-hydrogen) atoms. The fraction of sp³-hybridized carbons (Fsp3) is 0.318. The number of para-hydroxylation sites is 1. The molecule has 2 heterocycles. The van der Waals surface area contributed by atoms with E-state index in [1.807, 2.05) is 37.3 Å². The Bertz CT molecular complexity index is 1090. The summed E-state index contributed by atoms with van der Waals surface area (Å²) in [5.41, 5.74) is 0.279. The Morgan fingerprint density at radius 3 is 2.73 bits per heavy atom. The van der Waals surface area contributed by atoms with E-state index in [-0.39, 0.29) is 23.9 Å². The average Bonchev–Trinajstić information content (AvgIpc) is 3.30. The van der Waals surface area contributed by atoms with Gasteiger partial charge in [-0.1, -0.05) is 30.8 Å². The number of hydrogen-bond acceptors (Lipinski definition) is 5. The zero-order valence-electron chi connectivity index (χ0n) is 16.3. The molecule has 1 aliphatic carbocycles. The van der Waals surface area contributed by atoms with Gasteiger partial charge in [0.1, 0.15) is 17.5 Å². The lowest BCUT2D eigenvalue weighted by Gasteiger charge is -2.24. The summed E-state index contributed by atoms with van der Waals surface area (Å²) in [4.78, 5) is 40.1. The van der Waals surface area contributed by atoms with E-state index in [0.717, 1.165) is 22.0 Å². The number of piperidine rings is 1. The normalized spacial score (nSPS) is 25.4. The van der Waals surface area contributed by atoms with Gasteiger partial charge in [-0.2, -0.15) is 0 Å². The van der Waals surface area contributed by atoms with Gasteiger partial charge in [-0.25, -0.2) is 4.79 Å². The van der Waals surface area contributed by atoms with Gasteiger partial charge in [-0.3, -0.25) is 9.59 Å². The molecule has 1 saturated heterocycles. The van der Waals surface area contributed by atoms with Crippen LogP contribution < -0.4 is 10.1 Å². The maximum absolute atomic E-state index is 12.7. The molecule has 2 aromatic rings. The molecule has 8 heteroatoms. The molecule has 0 bridgehead atoms. The molecule has 0 radical (unpaired) electrons. The third-order valence-electron chi connectivity index (χ3n) is 6.10. The Balaban J connectivity index is 1.26. The Morgan fingerprint density at radius 1 is 1.17 bits per heavy atom. The number of carbonyl (C=O) groups excluding carboxylic acids is 2. The number of carbonyl (C=O) groups is 3. The Kier molecular flexibility index (Phi) is 4.28. The van der Waals surface area contributed by atoms with Crippen LogP contribution in [-0.4, -0.2) is 46.4 Å². The van der Waals surface area contributed by atoms with Crippen LogP contribution >= 0.6 is 11.8 Å². The Hall–Kier alpha value is -3.00. The molecular formula is C22H20N2O5S. The fourth-order valence-electron chi connectivity index (χ4n) is 4.37. The van der Waals surface area contributed by atoms with Crippen LogP contribution in [0.4, 0.5) is 0 Å². The zero-order chi connectivity index (χ0) is 21.0. The predicted octanol–water partition coefficient (Wildman–Crippen LogP) is 3.14. The minimum Gasteiger partial charge on any atom is -0.480 e.